The molecular formula is C24H32N4O3S2. The third kappa shape index (κ3) is 6.19. The lowest BCUT2D eigenvalue weighted by atomic mass is 9.90. The van der Waals surface area contributed by atoms with Crippen molar-refractivity contribution in [1.29, 1.82) is 0 Å². The van der Waals surface area contributed by atoms with Crippen LogP contribution in [0, 0.1) is 0 Å². The summed E-state index contributed by atoms with van der Waals surface area (Å²) in [5.41, 5.74) is 2.24. The van der Waals surface area contributed by atoms with E-state index in [0.717, 1.165) is 18.0 Å². The summed E-state index contributed by atoms with van der Waals surface area (Å²) in [7, 11) is -3.64. The lowest BCUT2D eigenvalue weighted by molar-refractivity contribution is -0.117. The summed E-state index contributed by atoms with van der Waals surface area (Å²) >= 11 is 1.21. The van der Waals surface area contributed by atoms with Crippen LogP contribution in [0.4, 0.5) is 10.8 Å². The zero-order chi connectivity index (χ0) is 23.1. The monoisotopic (exact) mass is 488 g/mol. The van der Waals surface area contributed by atoms with Gasteiger partial charge in [-0.2, -0.15) is 0 Å². The topological polar surface area (TPSA) is 91.4 Å². The van der Waals surface area contributed by atoms with E-state index in [1.54, 1.807) is 22.4 Å². The summed E-state index contributed by atoms with van der Waals surface area (Å²) in [6.07, 6.45) is 5.51. The molecule has 5 rings (SSSR count). The molecule has 0 unspecified atom stereocenters. The first-order valence-electron chi connectivity index (χ1n) is 11.1. The van der Waals surface area contributed by atoms with Crippen LogP contribution in [0.3, 0.4) is 0 Å². The maximum atomic E-state index is 12.2. The minimum Gasteiger partial charge on any atom is -0.317 e. The molecule has 1 aromatic heterocycles. The van der Waals surface area contributed by atoms with E-state index in [1.807, 2.05) is 0 Å². The number of aromatic nitrogens is 1. The normalized spacial score (nSPS) is 16.8. The van der Waals surface area contributed by atoms with Gasteiger partial charge in [-0.1, -0.05) is 30.3 Å². The number of anilines is 2. The predicted octanol–water partition coefficient (Wildman–Crippen LogP) is 4.72. The number of sulfonamides is 1. The van der Waals surface area contributed by atoms with Crippen LogP contribution < -0.4 is 14.9 Å². The first-order chi connectivity index (χ1) is 16.0. The Labute approximate surface area is 201 Å². The van der Waals surface area contributed by atoms with Crippen LogP contribution >= 0.6 is 11.3 Å². The van der Waals surface area contributed by atoms with E-state index in [0.29, 0.717) is 18.1 Å². The number of nitrogens with zero attached hydrogens (tertiary/aromatic N) is 2. The number of amides is 1. The summed E-state index contributed by atoms with van der Waals surface area (Å²) < 4.78 is 26.8. The summed E-state index contributed by atoms with van der Waals surface area (Å²) in [4.78, 5) is 17.4. The number of carbonyl (C=O) groups is 1. The van der Waals surface area contributed by atoms with Gasteiger partial charge in [0.25, 0.3) is 10.0 Å². The standard InChI is InChI=1S/C13H13N3O3S2.C11H15N.2H2/c17-12-2-1-8-16(12)10-3-5-11(6-4-10)21(18,19)15-13-14-7-9-20-13;1-2-4-10(5-3-1)11-6-8-12-9-7-11;;/h3-7,9H,1-2,8H2,(H,14,15);1-5,11-12H,6-9H2;2*1H. The predicted molar refractivity (Wildman–Crippen MR) is 136 cm³/mol. The van der Waals surface area contributed by atoms with Crippen molar-refractivity contribution >= 4 is 38.1 Å². The van der Waals surface area contributed by atoms with E-state index in [1.165, 1.54) is 61.2 Å². The van der Waals surface area contributed by atoms with Crippen molar-refractivity contribution in [3.8, 4) is 0 Å². The molecule has 0 radical (unpaired) electrons. The first-order valence-corrected chi connectivity index (χ1v) is 13.5. The van der Waals surface area contributed by atoms with Crippen molar-refractivity contribution in [2.45, 2.75) is 36.5 Å². The van der Waals surface area contributed by atoms with Crippen LogP contribution in [-0.4, -0.2) is 38.9 Å². The van der Waals surface area contributed by atoms with E-state index in [4.69, 9.17) is 0 Å². The number of piperidine rings is 1. The molecule has 2 aromatic carbocycles. The molecule has 178 valence electrons. The minimum atomic E-state index is -3.64. The molecule has 2 saturated heterocycles. The van der Waals surface area contributed by atoms with E-state index in [9.17, 15) is 13.2 Å². The average molecular weight is 489 g/mol. The van der Waals surface area contributed by atoms with E-state index < -0.39 is 10.0 Å². The number of carbonyl (C=O) groups excluding carboxylic acids is 1. The Balaban J connectivity index is 0.000000265. The van der Waals surface area contributed by atoms with Crippen LogP contribution in [0.2, 0.25) is 0 Å². The van der Waals surface area contributed by atoms with Crippen molar-refractivity contribution < 1.29 is 16.1 Å². The quantitative estimate of drug-likeness (QED) is 0.542. The van der Waals surface area contributed by atoms with Gasteiger partial charge in [0.1, 0.15) is 0 Å². The lowest BCUT2D eigenvalue weighted by Gasteiger charge is -2.22. The summed E-state index contributed by atoms with van der Waals surface area (Å²) in [5.74, 6) is 0.874. The van der Waals surface area contributed by atoms with Gasteiger partial charge < -0.3 is 10.2 Å². The first kappa shape index (κ1) is 23.4. The van der Waals surface area contributed by atoms with Crippen molar-refractivity contribution in [2.75, 3.05) is 29.3 Å². The third-order valence-electron chi connectivity index (χ3n) is 5.80. The zero-order valence-corrected chi connectivity index (χ0v) is 19.9. The fourth-order valence-corrected chi connectivity index (χ4v) is 5.84. The maximum Gasteiger partial charge on any atom is 0.263 e. The van der Waals surface area contributed by atoms with E-state index >= 15 is 0 Å². The fourth-order valence-electron chi connectivity index (χ4n) is 4.05. The number of hydrogen-bond acceptors (Lipinski definition) is 6. The van der Waals surface area contributed by atoms with Crippen LogP contribution in [0.5, 0.6) is 0 Å². The molecule has 0 bridgehead atoms. The van der Waals surface area contributed by atoms with E-state index in [2.05, 4.69) is 45.4 Å². The van der Waals surface area contributed by atoms with Gasteiger partial charge >= 0.3 is 0 Å². The molecule has 0 aliphatic carbocycles. The number of nitrogens with one attached hydrogen (secondary N) is 2. The van der Waals surface area contributed by atoms with Gasteiger partial charge in [0, 0.05) is 33.1 Å². The Hall–Kier alpha value is -2.75. The van der Waals surface area contributed by atoms with Crippen molar-refractivity contribution in [1.82, 2.24) is 10.3 Å². The van der Waals surface area contributed by atoms with Gasteiger partial charge in [-0.3, -0.25) is 9.52 Å². The van der Waals surface area contributed by atoms with Gasteiger partial charge in [-0.15, -0.1) is 11.3 Å². The van der Waals surface area contributed by atoms with Crippen LogP contribution in [0.25, 0.3) is 0 Å². The van der Waals surface area contributed by atoms with Gasteiger partial charge in [0.2, 0.25) is 5.91 Å². The van der Waals surface area contributed by atoms with Gasteiger partial charge in [-0.25, -0.2) is 13.4 Å². The Bertz CT molecular complexity index is 1140. The second kappa shape index (κ2) is 10.9. The molecule has 7 nitrogen and oxygen atoms in total. The zero-order valence-electron chi connectivity index (χ0n) is 18.3. The molecule has 0 saturated carbocycles. The fraction of sp³-hybridized carbons (Fsp3) is 0.333. The number of rotatable bonds is 5. The van der Waals surface area contributed by atoms with Crippen molar-refractivity contribution in [3.05, 3.63) is 71.7 Å². The highest BCUT2D eigenvalue weighted by Crippen LogP contribution is 2.25. The highest BCUT2D eigenvalue weighted by Gasteiger charge is 2.22. The smallest absolute Gasteiger partial charge is 0.263 e. The van der Waals surface area contributed by atoms with Crippen molar-refractivity contribution in [3.63, 3.8) is 0 Å². The molecule has 2 aliphatic rings. The third-order valence-corrected chi connectivity index (χ3v) is 7.97. The average Bonchev–Trinajstić information content (AvgIpc) is 3.52. The van der Waals surface area contributed by atoms with Crippen LogP contribution in [-0.2, 0) is 14.8 Å². The summed E-state index contributed by atoms with van der Waals surface area (Å²) in [5, 5.41) is 5.41. The van der Waals surface area contributed by atoms with Crippen molar-refractivity contribution in [2.24, 2.45) is 0 Å². The number of thiazole rings is 1. The molecule has 0 spiro atoms. The summed E-state index contributed by atoms with van der Waals surface area (Å²) in [6, 6.07) is 17.2. The molecule has 2 fully saturated rings. The van der Waals surface area contributed by atoms with Gasteiger partial charge in [0.05, 0.1) is 4.90 Å². The Morgan fingerprint density at radius 3 is 2.39 bits per heavy atom. The minimum absolute atomic E-state index is 0. The molecule has 3 heterocycles. The van der Waals surface area contributed by atoms with Crippen LogP contribution in [0.1, 0.15) is 40.0 Å². The summed E-state index contributed by atoms with van der Waals surface area (Å²) in [6.45, 7) is 3.04. The lowest BCUT2D eigenvalue weighted by Crippen LogP contribution is -2.26. The molecule has 9 heteroatoms. The molecule has 33 heavy (non-hydrogen) atoms. The second-order valence-electron chi connectivity index (χ2n) is 8.02. The maximum absolute atomic E-state index is 12.2. The SMILES string of the molecule is O=C1CCCN1c1ccc(S(=O)(=O)Nc2nccs2)cc1.[HH].[HH].c1ccc(C2CCNCC2)cc1. The molecule has 2 aliphatic heterocycles. The Morgan fingerprint density at radius 1 is 1.06 bits per heavy atom. The highest BCUT2D eigenvalue weighted by molar-refractivity contribution is 7.93. The number of benzene rings is 2. The number of hydrogen-bond donors (Lipinski definition) is 2. The Kier molecular flexibility index (Phi) is 7.74. The molecule has 1 amide bonds. The van der Waals surface area contributed by atoms with E-state index in [-0.39, 0.29) is 13.7 Å². The largest absolute Gasteiger partial charge is 0.317 e. The Morgan fingerprint density at radius 2 is 1.79 bits per heavy atom. The second-order valence-corrected chi connectivity index (χ2v) is 10.6. The van der Waals surface area contributed by atoms with Crippen LogP contribution in [0.15, 0.2) is 71.1 Å². The molecule has 0 atom stereocenters. The molecule has 2 N–H and O–H groups in total. The van der Waals surface area contributed by atoms with Gasteiger partial charge in [0.15, 0.2) is 5.13 Å². The molecule has 3 aromatic rings. The molecular weight excluding hydrogens is 456 g/mol. The van der Waals surface area contributed by atoms with Gasteiger partial charge in [-0.05, 0) is 68.1 Å². The highest BCUT2D eigenvalue weighted by atomic mass is 32.2.